The fraction of sp³-hybridized carbons (Fsp3) is 0.714. The number of nitrogens with zero attached hydrogens (tertiary/aromatic N) is 5. The fourth-order valence-electron chi connectivity index (χ4n) is 2.80. The zero-order chi connectivity index (χ0) is 14.7. The van der Waals surface area contributed by atoms with Gasteiger partial charge >= 0.3 is 0 Å². The highest BCUT2D eigenvalue weighted by atomic mass is 15.3. The first-order chi connectivity index (χ1) is 9.56. The molecule has 20 heavy (non-hydrogen) atoms. The van der Waals surface area contributed by atoms with Crippen molar-refractivity contribution in [1.82, 2.24) is 19.6 Å². The molecule has 0 bridgehead atoms. The van der Waals surface area contributed by atoms with Gasteiger partial charge in [0.05, 0.1) is 18.3 Å². The third-order valence-electron chi connectivity index (χ3n) is 4.06. The molecule has 0 aromatic carbocycles. The number of rotatable bonds is 6. The summed E-state index contributed by atoms with van der Waals surface area (Å²) in [5.41, 5.74) is 8.36. The minimum Gasteiger partial charge on any atom is -0.370 e. The molecule has 0 aliphatic carbocycles. The second kappa shape index (κ2) is 6.26. The van der Waals surface area contributed by atoms with Crippen LogP contribution in [0.25, 0.3) is 0 Å². The lowest BCUT2D eigenvalue weighted by atomic mass is 10.1. The number of likely N-dealkylation sites (N-methyl/N-ethyl adjacent to an activating group) is 1. The standard InChI is InChI=1S/C14H26N6/c1-5-19(6-2)7-8-20-13(9-16-14(20)15)12-10-18(4)17-11(12)3/h10,13H,5-9H2,1-4H3,(H2,15,16). The van der Waals surface area contributed by atoms with Crippen molar-refractivity contribution in [3.05, 3.63) is 17.5 Å². The fourth-order valence-corrected chi connectivity index (χ4v) is 2.80. The highest BCUT2D eigenvalue weighted by Gasteiger charge is 2.29. The number of nitrogens with two attached hydrogens (primary N) is 1. The Labute approximate surface area is 121 Å². The summed E-state index contributed by atoms with van der Waals surface area (Å²) >= 11 is 0. The molecule has 112 valence electrons. The second-order valence-electron chi connectivity index (χ2n) is 5.28. The Morgan fingerprint density at radius 3 is 2.65 bits per heavy atom. The van der Waals surface area contributed by atoms with Gasteiger partial charge in [-0.1, -0.05) is 13.8 Å². The Hall–Kier alpha value is -1.56. The van der Waals surface area contributed by atoms with Crippen molar-refractivity contribution in [3.8, 4) is 0 Å². The smallest absolute Gasteiger partial charge is 0.191 e. The normalized spacial score (nSPS) is 18.9. The molecule has 0 spiro atoms. The van der Waals surface area contributed by atoms with Gasteiger partial charge in [0.25, 0.3) is 0 Å². The van der Waals surface area contributed by atoms with Crippen LogP contribution in [0.15, 0.2) is 11.2 Å². The first kappa shape index (κ1) is 14.8. The zero-order valence-electron chi connectivity index (χ0n) is 13.0. The van der Waals surface area contributed by atoms with Gasteiger partial charge in [-0.3, -0.25) is 9.67 Å². The average Bonchev–Trinajstić information content (AvgIpc) is 2.94. The summed E-state index contributed by atoms with van der Waals surface area (Å²) in [5, 5.41) is 4.43. The van der Waals surface area contributed by atoms with Crippen molar-refractivity contribution in [1.29, 1.82) is 0 Å². The van der Waals surface area contributed by atoms with Crippen molar-refractivity contribution < 1.29 is 0 Å². The van der Waals surface area contributed by atoms with Gasteiger partial charge in [0.1, 0.15) is 0 Å². The van der Waals surface area contributed by atoms with Crippen molar-refractivity contribution in [3.63, 3.8) is 0 Å². The lowest BCUT2D eigenvalue weighted by Crippen LogP contribution is -2.41. The first-order valence-electron chi connectivity index (χ1n) is 7.35. The minimum atomic E-state index is 0.235. The number of aliphatic imine (C=N–C) groups is 1. The summed E-state index contributed by atoms with van der Waals surface area (Å²) in [5.74, 6) is 0.658. The number of hydrogen-bond acceptors (Lipinski definition) is 5. The molecule has 1 atom stereocenters. The van der Waals surface area contributed by atoms with Gasteiger partial charge in [0.2, 0.25) is 0 Å². The van der Waals surface area contributed by atoms with E-state index in [0.717, 1.165) is 38.4 Å². The average molecular weight is 278 g/mol. The van der Waals surface area contributed by atoms with E-state index in [1.54, 1.807) is 0 Å². The molecule has 2 rings (SSSR count). The molecular weight excluding hydrogens is 252 g/mol. The van der Waals surface area contributed by atoms with Gasteiger partial charge in [0.15, 0.2) is 5.96 Å². The van der Waals surface area contributed by atoms with Crippen LogP contribution in [0.5, 0.6) is 0 Å². The lowest BCUT2D eigenvalue weighted by Gasteiger charge is -2.29. The molecular formula is C14H26N6. The van der Waals surface area contributed by atoms with Gasteiger partial charge in [-0.25, -0.2) is 0 Å². The van der Waals surface area contributed by atoms with E-state index in [1.165, 1.54) is 5.56 Å². The van der Waals surface area contributed by atoms with Crippen molar-refractivity contribution in [2.75, 3.05) is 32.7 Å². The lowest BCUT2D eigenvalue weighted by molar-refractivity contribution is 0.248. The molecule has 1 aromatic heterocycles. The van der Waals surface area contributed by atoms with Crippen LogP contribution in [0.3, 0.4) is 0 Å². The summed E-state index contributed by atoms with van der Waals surface area (Å²) in [4.78, 5) is 9.03. The molecule has 6 heteroatoms. The van der Waals surface area contributed by atoms with Crippen LogP contribution in [0.4, 0.5) is 0 Å². The van der Waals surface area contributed by atoms with E-state index in [9.17, 15) is 0 Å². The summed E-state index contributed by atoms with van der Waals surface area (Å²) in [6.07, 6.45) is 2.08. The van der Waals surface area contributed by atoms with Gasteiger partial charge in [0, 0.05) is 31.9 Å². The van der Waals surface area contributed by atoms with Crippen LogP contribution in [-0.2, 0) is 7.05 Å². The maximum absolute atomic E-state index is 6.06. The topological polar surface area (TPSA) is 62.7 Å². The number of aryl methyl sites for hydroxylation is 2. The predicted molar refractivity (Wildman–Crippen MR) is 81.7 cm³/mol. The summed E-state index contributed by atoms with van der Waals surface area (Å²) in [7, 11) is 1.95. The predicted octanol–water partition coefficient (Wildman–Crippen LogP) is 0.742. The molecule has 1 aliphatic rings. The molecule has 0 saturated heterocycles. The molecule has 2 heterocycles. The molecule has 0 amide bonds. The van der Waals surface area contributed by atoms with Crippen molar-refractivity contribution >= 4 is 5.96 Å². The van der Waals surface area contributed by atoms with E-state index in [-0.39, 0.29) is 6.04 Å². The quantitative estimate of drug-likeness (QED) is 0.834. The Morgan fingerprint density at radius 2 is 2.10 bits per heavy atom. The van der Waals surface area contributed by atoms with Crippen LogP contribution in [0.2, 0.25) is 0 Å². The zero-order valence-corrected chi connectivity index (χ0v) is 13.0. The third-order valence-corrected chi connectivity index (χ3v) is 4.06. The minimum absolute atomic E-state index is 0.235. The second-order valence-corrected chi connectivity index (χ2v) is 5.28. The van der Waals surface area contributed by atoms with Crippen LogP contribution in [0, 0.1) is 6.92 Å². The van der Waals surface area contributed by atoms with E-state index in [4.69, 9.17) is 5.73 Å². The van der Waals surface area contributed by atoms with Crippen LogP contribution in [-0.4, -0.2) is 58.3 Å². The summed E-state index contributed by atoms with van der Waals surface area (Å²) in [6.45, 7) is 11.2. The molecule has 2 N–H and O–H groups in total. The third kappa shape index (κ3) is 2.95. The highest BCUT2D eigenvalue weighted by Crippen LogP contribution is 2.27. The van der Waals surface area contributed by atoms with E-state index >= 15 is 0 Å². The first-order valence-corrected chi connectivity index (χ1v) is 7.35. The summed E-state index contributed by atoms with van der Waals surface area (Å²) in [6, 6.07) is 0.235. The molecule has 0 saturated carbocycles. The largest absolute Gasteiger partial charge is 0.370 e. The van der Waals surface area contributed by atoms with E-state index in [1.807, 2.05) is 18.7 Å². The maximum atomic E-state index is 6.06. The Kier molecular flexibility index (Phi) is 4.65. The molecule has 0 radical (unpaired) electrons. The SMILES string of the molecule is CCN(CC)CCN1C(N)=NCC1c1cn(C)nc1C. The molecule has 1 unspecified atom stereocenters. The van der Waals surface area contributed by atoms with Gasteiger partial charge < -0.3 is 15.5 Å². The molecule has 0 fully saturated rings. The Bertz CT molecular complexity index is 474. The van der Waals surface area contributed by atoms with Crippen molar-refractivity contribution in [2.45, 2.75) is 26.8 Å². The molecule has 1 aliphatic heterocycles. The van der Waals surface area contributed by atoms with Crippen molar-refractivity contribution in [2.24, 2.45) is 17.8 Å². The van der Waals surface area contributed by atoms with Crippen LogP contribution in [0.1, 0.15) is 31.1 Å². The maximum Gasteiger partial charge on any atom is 0.191 e. The van der Waals surface area contributed by atoms with E-state index in [0.29, 0.717) is 5.96 Å². The van der Waals surface area contributed by atoms with Gasteiger partial charge in [-0.2, -0.15) is 5.10 Å². The Balaban J connectivity index is 2.08. The Morgan fingerprint density at radius 1 is 1.40 bits per heavy atom. The number of guanidine groups is 1. The summed E-state index contributed by atoms with van der Waals surface area (Å²) < 4.78 is 1.86. The van der Waals surface area contributed by atoms with Crippen LogP contribution >= 0.6 is 0 Å². The van der Waals surface area contributed by atoms with Crippen LogP contribution < -0.4 is 5.73 Å². The van der Waals surface area contributed by atoms with Gasteiger partial charge in [-0.05, 0) is 20.0 Å². The molecule has 1 aromatic rings. The molecule has 6 nitrogen and oxygen atoms in total. The van der Waals surface area contributed by atoms with E-state index in [2.05, 4.69) is 39.9 Å². The number of hydrogen-bond donors (Lipinski definition) is 1. The van der Waals surface area contributed by atoms with Gasteiger partial charge in [-0.15, -0.1) is 0 Å². The number of aromatic nitrogens is 2. The monoisotopic (exact) mass is 278 g/mol. The highest BCUT2D eigenvalue weighted by molar-refractivity contribution is 5.80. The van der Waals surface area contributed by atoms with E-state index < -0.39 is 0 Å².